The molecular formula is C12H17N2+. The average Bonchev–Trinajstić information content (AvgIpc) is 2.52. The number of hydrogen-bond donors (Lipinski definition) is 1. The third kappa shape index (κ3) is 1.22. The molecule has 0 aliphatic carbocycles. The second-order valence-electron chi connectivity index (χ2n) is 3.62. The molecule has 0 saturated heterocycles. The minimum atomic E-state index is 1.03. The topological polar surface area (TPSA) is 19.7 Å². The maximum atomic E-state index is 3.42. The van der Waals surface area contributed by atoms with Crippen LogP contribution in [-0.4, -0.2) is 4.98 Å². The molecule has 0 amide bonds. The van der Waals surface area contributed by atoms with Gasteiger partial charge >= 0.3 is 0 Å². The predicted molar refractivity (Wildman–Crippen MR) is 58.3 cm³/mol. The predicted octanol–water partition coefficient (Wildman–Crippen LogP) is 2.35. The monoisotopic (exact) mass is 189 g/mol. The first-order chi connectivity index (χ1) is 6.77. The number of benzene rings is 1. The number of aromatic nitrogens is 2. The molecule has 2 rings (SSSR count). The van der Waals surface area contributed by atoms with Crippen molar-refractivity contribution in [3.05, 3.63) is 29.6 Å². The van der Waals surface area contributed by atoms with Gasteiger partial charge in [0.25, 0.3) is 5.82 Å². The summed E-state index contributed by atoms with van der Waals surface area (Å²) >= 11 is 0. The van der Waals surface area contributed by atoms with Crippen molar-refractivity contribution in [1.29, 1.82) is 0 Å². The molecule has 0 atom stereocenters. The standard InChI is InChI=1S/C12H16N2/c1-4-10-7-6-8-11-12(10)14(5-2)9(3)13-11/h6-8H,4-5H2,1-3H3/p+1. The van der Waals surface area contributed by atoms with Crippen LogP contribution in [0.1, 0.15) is 25.2 Å². The summed E-state index contributed by atoms with van der Waals surface area (Å²) in [6.07, 6.45) is 1.09. The lowest BCUT2D eigenvalue weighted by Gasteiger charge is -1.98. The number of H-pyrrole nitrogens is 1. The number of hydrogen-bond acceptors (Lipinski definition) is 0. The van der Waals surface area contributed by atoms with Crippen LogP contribution >= 0.6 is 0 Å². The highest BCUT2D eigenvalue weighted by atomic mass is 15.1. The zero-order chi connectivity index (χ0) is 10.1. The molecule has 1 aromatic carbocycles. The van der Waals surface area contributed by atoms with Gasteiger partial charge in [0.2, 0.25) is 0 Å². The van der Waals surface area contributed by atoms with Gasteiger partial charge in [-0.05, 0) is 19.4 Å². The van der Waals surface area contributed by atoms with Crippen molar-refractivity contribution in [2.45, 2.75) is 33.7 Å². The lowest BCUT2D eigenvalue weighted by molar-refractivity contribution is -0.674. The molecule has 1 N–H and O–H groups in total. The fraction of sp³-hybridized carbons (Fsp3) is 0.417. The Hall–Kier alpha value is -1.31. The third-order valence-electron chi connectivity index (χ3n) is 2.81. The van der Waals surface area contributed by atoms with E-state index in [1.807, 2.05) is 0 Å². The molecule has 2 aromatic rings. The van der Waals surface area contributed by atoms with E-state index in [-0.39, 0.29) is 0 Å². The number of nitrogens with zero attached hydrogens (tertiary/aromatic N) is 1. The van der Waals surface area contributed by atoms with Crippen molar-refractivity contribution >= 4 is 11.0 Å². The fourth-order valence-corrected chi connectivity index (χ4v) is 2.12. The first-order valence-corrected chi connectivity index (χ1v) is 5.28. The van der Waals surface area contributed by atoms with E-state index in [0.29, 0.717) is 0 Å². The second kappa shape index (κ2) is 3.45. The Kier molecular flexibility index (Phi) is 2.28. The smallest absolute Gasteiger partial charge is 0.241 e. The molecule has 74 valence electrons. The number of imidazole rings is 1. The fourth-order valence-electron chi connectivity index (χ4n) is 2.12. The van der Waals surface area contributed by atoms with Crippen molar-refractivity contribution in [2.24, 2.45) is 0 Å². The van der Waals surface area contributed by atoms with Crippen LogP contribution in [0.25, 0.3) is 11.0 Å². The summed E-state index contributed by atoms with van der Waals surface area (Å²) in [5, 5.41) is 0. The highest BCUT2D eigenvalue weighted by Crippen LogP contribution is 2.15. The highest BCUT2D eigenvalue weighted by Gasteiger charge is 2.15. The Morgan fingerprint density at radius 3 is 2.71 bits per heavy atom. The largest absolute Gasteiger partial charge is 0.251 e. The zero-order valence-electron chi connectivity index (χ0n) is 9.09. The van der Waals surface area contributed by atoms with Crippen LogP contribution in [0.5, 0.6) is 0 Å². The van der Waals surface area contributed by atoms with Crippen LogP contribution in [-0.2, 0) is 13.0 Å². The van der Waals surface area contributed by atoms with Gasteiger partial charge in [-0.15, -0.1) is 0 Å². The van der Waals surface area contributed by atoms with Crippen molar-refractivity contribution in [1.82, 2.24) is 4.98 Å². The van der Waals surface area contributed by atoms with E-state index in [9.17, 15) is 0 Å². The number of rotatable bonds is 2. The molecule has 0 bridgehead atoms. The summed E-state index contributed by atoms with van der Waals surface area (Å²) in [7, 11) is 0. The molecule has 0 unspecified atom stereocenters. The van der Waals surface area contributed by atoms with Gasteiger partial charge in [0.1, 0.15) is 0 Å². The van der Waals surface area contributed by atoms with E-state index in [2.05, 4.69) is 48.5 Å². The molecule has 0 radical (unpaired) electrons. The number of nitrogens with one attached hydrogen (secondary N) is 1. The Balaban J connectivity index is 2.82. The van der Waals surface area contributed by atoms with Crippen molar-refractivity contribution in [3.63, 3.8) is 0 Å². The maximum Gasteiger partial charge on any atom is 0.251 e. The highest BCUT2D eigenvalue weighted by molar-refractivity contribution is 5.75. The second-order valence-corrected chi connectivity index (χ2v) is 3.62. The summed E-state index contributed by atoms with van der Waals surface area (Å²) < 4.78 is 2.34. The lowest BCUT2D eigenvalue weighted by atomic mass is 10.1. The average molecular weight is 189 g/mol. The normalized spacial score (nSPS) is 11.1. The minimum Gasteiger partial charge on any atom is -0.241 e. The summed E-state index contributed by atoms with van der Waals surface area (Å²) in [4.78, 5) is 3.42. The van der Waals surface area contributed by atoms with Gasteiger partial charge in [-0.2, -0.15) is 0 Å². The van der Waals surface area contributed by atoms with Gasteiger partial charge in [0, 0.05) is 12.5 Å². The molecule has 2 heteroatoms. The van der Waals surface area contributed by atoms with Gasteiger partial charge < -0.3 is 0 Å². The Bertz CT molecular complexity index is 455. The van der Waals surface area contributed by atoms with E-state index in [1.165, 1.54) is 22.4 Å². The van der Waals surface area contributed by atoms with Crippen LogP contribution in [0.15, 0.2) is 18.2 Å². The van der Waals surface area contributed by atoms with E-state index >= 15 is 0 Å². The van der Waals surface area contributed by atoms with Crippen LogP contribution in [0.2, 0.25) is 0 Å². The minimum absolute atomic E-state index is 1.03. The molecule has 0 aliphatic heterocycles. The first-order valence-electron chi connectivity index (χ1n) is 5.28. The van der Waals surface area contributed by atoms with Crippen LogP contribution in [0.4, 0.5) is 0 Å². The molecule has 1 heterocycles. The summed E-state index contributed by atoms with van der Waals surface area (Å²) in [6.45, 7) is 7.55. The Morgan fingerprint density at radius 2 is 2.07 bits per heavy atom. The summed E-state index contributed by atoms with van der Waals surface area (Å²) in [5.41, 5.74) is 4.05. The zero-order valence-corrected chi connectivity index (χ0v) is 9.09. The molecule has 1 aromatic heterocycles. The SMILES string of the molecule is CCc1cccc2[nH]c(C)[n+](CC)c12. The molecular weight excluding hydrogens is 172 g/mol. The number of fused-ring (bicyclic) bond motifs is 1. The summed E-state index contributed by atoms with van der Waals surface area (Å²) in [5.74, 6) is 1.24. The summed E-state index contributed by atoms with van der Waals surface area (Å²) in [6, 6.07) is 6.48. The van der Waals surface area contributed by atoms with E-state index in [1.54, 1.807) is 0 Å². The Morgan fingerprint density at radius 1 is 1.29 bits per heavy atom. The van der Waals surface area contributed by atoms with E-state index in [4.69, 9.17) is 0 Å². The number of aryl methyl sites for hydroxylation is 3. The van der Waals surface area contributed by atoms with Crippen molar-refractivity contribution in [2.75, 3.05) is 0 Å². The maximum absolute atomic E-state index is 3.42. The quantitative estimate of drug-likeness (QED) is 0.700. The first kappa shape index (κ1) is 9.25. The van der Waals surface area contributed by atoms with Crippen LogP contribution in [0.3, 0.4) is 0 Å². The van der Waals surface area contributed by atoms with Gasteiger partial charge in [0.05, 0.1) is 6.54 Å². The van der Waals surface area contributed by atoms with Gasteiger partial charge in [-0.25, -0.2) is 9.55 Å². The van der Waals surface area contributed by atoms with Gasteiger partial charge in [-0.3, -0.25) is 0 Å². The van der Waals surface area contributed by atoms with Crippen molar-refractivity contribution < 1.29 is 4.57 Å². The van der Waals surface area contributed by atoms with Gasteiger partial charge in [0.15, 0.2) is 11.0 Å². The van der Waals surface area contributed by atoms with E-state index < -0.39 is 0 Å². The molecule has 0 fully saturated rings. The lowest BCUT2D eigenvalue weighted by Crippen LogP contribution is -2.34. The third-order valence-corrected chi connectivity index (χ3v) is 2.81. The van der Waals surface area contributed by atoms with Crippen LogP contribution < -0.4 is 4.57 Å². The molecule has 2 nitrogen and oxygen atoms in total. The molecule has 0 aliphatic rings. The Labute approximate surface area is 84.6 Å². The van der Waals surface area contributed by atoms with Crippen LogP contribution in [0, 0.1) is 6.92 Å². The number of aromatic amines is 1. The van der Waals surface area contributed by atoms with Gasteiger partial charge in [-0.1, -0.05) is 19.1 Å². The molecule has 0 saturated carbocycles. The van der Waals surface area contributed by atoms with E-state index in [0.717, 1.165) is 13.0 Å². The molecule has 14 heavy (non-hydrogen) atoms. The van der Waals surface area contributed by atoms with Crippen molar-refractivity contribution in [3.8, 4) is 0 Å². The molecule has 0 spiro atoms. The number of para-hydroxylation sites is 1.